The van der Waals surface area contributed by atoms with E-state index >= 15 is 0 Å². The topological polar surface area (TPSA) is 43.4 Å². The number of rotatable bonds is 1. The van der Waals surface area contributed by atoms with Gasteiger partial charge in [0.2, 0.25) is 0 Å². The van der Waals surface area contributed by atoms with E-state index in [0.717, 1.165) is 0 Å². The SMILES string of the molecule is O=C1OC(=O)C2C1CC=CC2c1cc(C(F)(F)F)cc(C(F)(F)F)c1. The Bertz CT molecular complexity index is 730. The van der Waals surface area contributed by atoms with Crippen LogP contribution in [-0.2, 0) is 26.7 Å². The van der Waals surface area contributed by atoms with Gasteiger partial charge in [-0.2, -0.15) is 26.3 Å². The number of allylic oxidation sites excluding steroid dienone is 2. The lowest BCUT2D eigenvalue weighted by atomic mass is 9.74. The van der Waals surface area contributed by atoms with E-state index in [-0.39, 0.29) is 18.1 Å². The van der Waals surface area contributed by atoms with Gasteiger partial charge in [-0.1, -0.05) is 12.2 Å². The fourth-order valence-electron chi connectivity index (χ4n) is 3.17. The van der Waals surface area contributed by atoms with Crippen LogP contribution >= 0.6 is 0 Å². The van der Waals surface area contributed by atoms with Gasteiger partial charge in [-0.25, -0.2) is 0 Å². The highest BCUT2D eigenvalue weighted by molar-refractivity contribution is 5.97. The van der Waals surface area contributed by atoms with E-state index in [9.17, 15) is 35.9 Å². The summed E-state index contributed by atoms with van der Waals surface area (Å²) in [5.41, 5.74) is -3.27. The van der Waals surface area contributed by atoms with Gasteiger partial charge in [0.1, 0.15) is 0 Å². The Hall–Kier alpha value is -2.32. The van der Waals surface area contributed by atoms with Crippen LogP contribution in [0.3, 0.4) is 0 Å². The van der Waals surface area contributed by atoms with E-state index in [2.05, 4.69) is 4.74 Å². The average Bonchev–Trinajstić information content (AvgIpc) is 2.80. The molecule has 1 fully saturated rings. The first-order chi connectivity index (χ1) is 11.5. The summed E-state index contributed by atoms with van der Waals surface area (Å²) in [6.07, 6.45) is -7.02. The Kier molecular flexibility index (Phi) is 3.92. The van der Waals surface area contributed by atoms with Gasteiger partial charge in [-0.3, -0.25) is 9.59 Å². The van der Waals surface area contributed by atoms with Gasteiger partial charge in [-0.15, -0.1) is 0 Å². The van der Waals surface area contributed by atoms with Crippen molar-refractivity contribution in [3.8, 4) is 0 Å². The molecule has 0 aromatic heterocycles. The van der Waals surface area contributed by atoms with Crippen molar-refractivity contribution >= 4 is 11.9 Å². The molecule has 3 unspecified atom stereocenters. The summed E-state index contributed by atoms with van der Waals surface area (Å²) < 4.78 is 82.4. The lowest BCUT2D eigenvalue weighted by Crippen LogP contribution is -2.27. The van der Waals surface area contributed by atoms with Crippen LogP contribution in [0.15, 0.2) is 30.4 Å². The predicted molar refractivity (Wildman–Crippen MR) is 71.0 cm³/mol. The fraction of sp³-hybridized carbons (Fsp3) is 0.375. The van der Waals surface area contributed by atoms with Crippen molar-refractivity contribution in [2.75, 3.05) is 0 Å². The Balaban J connectivity index is 2.13. The van der Waals surface area contributed by atoms with Crippen molar-refractivity contribution in [3.05, 3.63) is 47.0 Å². The number of alkyl halides is 6. The van der Waals surface area contributed by atoms with Crippen LogP contribution < -0.4 is 0 Å². The van der Waals surface area contributed by atoms with Crippen LogP contribution in [-0.4, -0.2) is 11.9 Å². The maximum Gasteiger partial charge on any atom is 0.416 e. The zero-order chi connectivity index (χ0) is 18.6. The molecule has 0 radical (unpaired) electrons. The molecular formula is C16H10F6O3. The molecule has 3 nitrogen and oxygen atoms in total. The maximum atomic E-state index is 13.0. The van der Waals surface area contributed by atoms with Crippen LogP contribution in [0.1, 0.15) is 29.0 Å². The Morgan fingerprint density at radius 3 is 1.96 bits per heavy atom. The summed E-state index contributed by atoms with van der Waals surface area (Å²) in [6.45, 7) is 0. The molecule has 3 atom stereocenters. The van der Waals surface area contributed by atoms with E-state index in [4.69, 9.17) is 0 Å². The second-order valence-electron chi connectivity index (χ2n) is 5.90. The Morgan fingerprint density at radius 1 is 0.880 bits per heavy atom. The van der Waals surface area contributed by atoms with Crippen LogP contribution in [0.4, 0.5) is 26.3 Å². The third-order valence-corrected chi connectivity index (χ3v) is 4.32. The van der Waals surface area contributed by atoms with Crippen molar-refractivity contribution in [1.29, 1.82) is 0 Å². The van der Waals surface area contributed by atoms with Crippen LogP contribution in [0.5, 0.6) is 0 Å². The Labute approximate surface area is 137 Å². The molecule has 1 saturated heterocycles. The Morgan fingerprint density at radius 2 is 1.44 bits per heavy atom. The molecule has 0 N–H and O–H groups in total. The van der Waals surface area contributed by atoms with Gasteiger partial charge in [-0.05, 0) is 30.2 Å². The summed E-state index contributed by atoms with van der Waals surface area (Å²) in [4.78, 5) is 23.5. The smallest absolute Gasteiger partial charge is 0.393 e. The van der Waals surface area contributed by atoms with Gasteiger partial charge in [0, 0.05) is 5.92 Å². The molecular weight excluding hydrogens is 354 g/mol. The minimum atomic E-state index is -4.99. The highest BCUT2D eigenvalue weighted by atomic mass is 19.4. The average molecular weight is 364 g/mol. The van der Waals surface area contributed by atoms with Crippen molar-refractivity contribution in [1.82, 2.24) is 0 Å². The first-order valence-electron chi connectivity index (χ1n) is 7.20. The number of carbonyl (C=O) groups is 2. The number of halogens is 6. The number of hydrogen-bond acceptors (Lipinski definition) is 3. The zero-order valence-electron chi connectivity index (χ0n) is 12.3. The molecule has 2 aliphatic rings. The number of hydrogen-bond donors (Lipinski definition) is 0. The fourth-order valence-corrected chi connectivity index (χ4v) is 3.17. The molecule has 0 bridgehead atoms. The normalized spacial score (nSPS) is 26.6. The number of cyclic esters (lactones) is 2. The van der Waals surface area contributed by atoms with Crippen LogP contribution in [0.25, 0.3) is 0 Å². The molecule has 9 heteroatoms. The largest absolute Gasteiger partial charge is 0.416 e. The van der Waals surface area contributed by atoms with Crippen LogP contribution in [0, 0.1) is 11.8 Å². The number of fused-ring (bicyclic) bond motifs is 1. The summed E-state index contributed by atoms with van der Waals surface area (Å²) in [7, 11) is 0. The first kappa shape index (κ1) is 17.5. The van der Waals surface area contributed by atoms with Crippen molar-refractivity contribution in [2.24, 2.45) is 11.8 Å². The minimum absolute atomic E-state index is 0.0195. The zero-order valence-corrected chi connectivity index (χ0v) is 12.3. The molecule has 1 aliphatic carbocycles. The third kappa shape index (κ3) is 3.14. The van der Waals surface area contributed by atoms with E-state index < -0.39 is 53.2 Å². The third-order valence-electron chi connectivity index (χ3n) is 4.32. The summed E-state index contributed by atoms with van der Waals surface area (Å²) in [5, 5.41) is 0. The standard InChI is InChI=1S/C16H10F6O3/c17-15(18,19)8-4-7(5-9(6-8)16(20,21)22)10-2-1-3-11-12(10)14(24)25-13(11)23/h1-2,4-6,10-12H,3H2. The minimum Gasteiger partial charge on any atom is -0.393 e. The summed E-state index contributed by atoms with van der Waals surface area (Å²) in [5.74, 6) is -4.86. The molecule has 0 amide bonds. The molecule has 0 saturated carbocycles. The first-order valence-corrected chi connectivity index (χ1v) is 7.20. The molecule has 3 rings (SSSR count). The molecule has 25 heavy (non-hydrogen) atoms. The second kappa shape index (κ2) is 5.60. The van der Waals surface area contributed by atoms with Crippen molar-refractivity contribution < 1.29 is 40.7 Å². The summed E-state index contributed by atoms with van der Waals surface area (Å²) >= 11 is 0. The van der Waals surface area contributed by atoms with E-state index in [0.29, 0.717) is 12.1 Å². The van der Waals surface area contributed by atoms with Crippen LogP contribution in [0.2, 0.25) is 0 Å². The highest BCUT2D eigenvalue weighted by Gasteiger charge is 2.49. The summed E-state index contributed by atoms with van der Waals surface area (Å²) in [6, 6.07) is 1.16. The maximum absolute atomic E-state index is 13.0. The van der Waals surface area contributed by atoms with Gasteiger partial charge in [0.25, 0.3) is 0 Å². The molecule has 134 valence electrons. The number of benzene rings is 1. The highest BCUT2D eigenvalue weighted by Crippen LogP contribution is 2.45. The van der Waals surface area contributed by atoms with E-state index in [1.54, 1.807) is 0 Å². The van der Waals surface area contributed by atoms with Gasteiger partial charge in [0.05, 0.1) is 23.0 Å². The monoisotopic (exact) mass is 364 g/mol. The number of carbonyl (C=O) groups excluding carboxylic acids is 2. The molecule has 1 heterocycles. The van der Waals surface area contributed by atoms with Gasteiger partial charge < -0.3 is 4.74 Å². The molecule has 1 aliphatic heterocycles. The van der Waals surface area contributed by atoms with Gasteiger partial charge >= 0.3 is 24.3 Å². The van der Waals surface area contributed by atoms with Crippen molar-refractivity contribution in [2.45, 2.75) is 24.7 Å². The second-order valence-corrected chi connectivity index (χ2v) is 5.90. The van der Waals surface area contributed by atoms with Crippen molar-refractivity contribution in [3.63, 3.8) is 0 Å². The van der Waals surface area contributed by atoms with E-state index in [1.165, 1.54) is 12.2 Å². The quantitative estimate of drug-likeness (QED) is 0.326. The molecule has 1 aromatic carbocycles. The van der Waals surface area contributed by atoms with E-state index in [1.807, 2.05) is 0 Å². The molecule has 1 aromatic rings. The number of ether oxygens (including phenoxy) is 1. The lowest BCUT2D eigenvalue weighted by Gasteiger charge is -2.26. The van der Waals surface area contributed by atoms with Gasteiger partial charge in [0.15, 0.2) is 0 Å². The predicted octanol–water partition coefficient (Wildman–Crippen LogP) is 4.08. The number of esters is 2. The lowest BCUT2D eigenvalue weighted by molar-refractivity contribution is -0.154. The molecule has 0 spiro atoms.